The minimum atomic E-state index is 0.106. The summed E-state index contributed by atoms with van der Waals surface area (Å²) in [4.78, 5) is 0. The molecule has 2 nitrogen and oxygen atoms in total. The van der Waals surface area contributed by atoms with Crippen molar-refractivity contribution in [1.82, 2.24) is 0 Å². The predicted octanol–water partition coefficient (Wildman–Crippen LogP) is 4.59. The number of rotatable bonds is 0. The van der Waals surface area contributed by atoms with Crippen LogP contribution in [0.15, 0.2) is 40.8 Å². The van der Waals surface area contributed by atoms with Crippen LogP contribution in [0.2, 0.25) is 0 Å². The number of phenols is 1. The van der Waals surface area contributed by atoms with Crippen molar-refractivity contribution in [2.24, 2.45) is 0 Å². The van der Waals surface area contributed by atoms with Crippen molar-refractivity contribution in [2.75, 3.05) is 0 Å². The van der Waals surface area contributed by atoms with Crippen LogP contribution in [-0.4, -0.2) is 5.11 Å². The lowest BCUT2D eigenvalue weighted by Gasteiger charge is -2.18. The Morgan fingerprint density at radius 3 is 2.17 bits per heavy atom. The number of benzene rings is 2. The number of hydrogen-bond donors (Lipinski definition) is 1. The molecule has 18 heavy (non-hydrogen) atoms. The van der Waals surface area contributed by atoms with E-state index in [1.54, 1.807) is 12.1 Å². The highest BCUT2D eigenvalue weighted by molar-refractivity contribution is 6.05. The Balaban J connectivity index is 2.33. The maximum atomic E-state index is 9.48. The summed E-state index contributed by atoms with van der Waals surface area (Å²) in [5, 5.41) is 11.6. The Morgan fingerprint density at radius 1 is 0.889 bits per heavy atom. The highest BCUT2D eigenvalue weighted by Gasteiger charge is 2.16. The van der Waals surface area contributed by atoms with Gasteiger partial charge in [0.15, 0.2) is 0 Å². The van der Waals surface area contributed by atoms with Gasteiger partial charge in [-0.2, -0.15) is 0 Å². The summed E-state index contributed by atoms with van der Waals surface area (Å²) in [7, 11) is 0. The average Bonchev–Trinajstić information content (AvgIpc) is 2.63. The molecule has 92 valence electrons. The van der Waals surface area contributed by atoms with E-state index in [0.29, 0.717) is 0 Å². The zero-order valence-corrected chi connectivity index (χ0v) is 10.8. The van der Waals surface area contributed by atoms with Gasteiger partial charge < -0.3 is 9.52 Å². The fourth-order valence-electron chi connectivity index (χ4n) is 2.23. The first kappa shape index (κ1) is 11.1. The molecule has 1 heterocycles. The summed E-state index contributed by atoms with van der Waals surface area (Å²) in [6, 6.07) is 11.6. The maximum absolute atomic E-state index is 9.48. The van der Waals surface area contributed by atoms with Gasteiger partial charge >= 0.3 is 0 Å². The zero-order valence-electron chi connectivity index (χ0n) is 10.8. The van der Waals surface area contributed by atoms with Crippen LogP contribution in [0, 0.1) is 0 Å². The first-order valence-electron chi connectivity index (χ1n) is 6.11. The first-order chi connectivity index (χ1) is 8.45. The monoisotopic (exact) mass is 240 g/mol. The summed E-state index contributed by atoms with van der Waals surface area (Å²) < 4.78 is 5.81. The van der Waals surface area contributed by atoms with Crippen molar-refractivity contribution in [2.45, 2.75) is 26.2 Å². The lowest BCUT2D eigenvalue weighted by molar-refractivity contribution is 0.475. The molecular formula is C16H16O2. The number of furan rings is 1. The molecule has 2 heteroatoms. The second kappa shape index (κ2) is 3.52. The van der Waals surface area contributed by atoms with Crippen LogP contribution in [0.4, 0.5) is 0 Å². The van der Waals surface area contributed by atoms with Gasteiger partial charge in [0.25, 0.3) is 0 Å². The lowest BCUT2D eigenvalue weighted by Crippen LogP contribution is -2.10. The molecule has 3 rings (SSSR count). The Kier molecular flexibility index (Phi) is 2.18. The molecule has 0 bridgehead atoms. The fourth-order valence-corrected chi connectivity index (χ4v) is 2.23. The van der Waals surface area contributed by atoms with Gasteiger partial charge in [0.05, 0.1) is 0 Å². The second-order valence-corrected chi connectivity index (χ2v) is 5.74. The molecule has 0 radical (unpaired) electrons. The minimum absolute atomic E-state index is 0.106. The quantitative estimate of drug-likeness (QED) is 0.623. The average molecular weight is 240 g/mol. The normalized spacial score (nSPS) is 12.4. The van der Waals surface area contributed by atoms with Crippen LogP contribution in [0.1, 0.15) is 26.3 Å². The highest BCUT2D eigenvalue weighted by Crippen LogP contribution is 2.33. The van der Waals surface area contributed by atoms with E-state index in [-0.39, 0.29) is 11.2 Å². The Bertz CT molecular complexity index is 730. The molecule has 0 aliphatic rings. The number of aromatic hydroxyl groups is 1. The van der Waals surface area contributed by atoms with Crippen molar-refractivity contribution in [1.29, 1.82) is 0 Å². The van der Waals surface area contributed by atoms with Crippen molar-refractivity contribution in [3.05, 3.63) is 42.0 Å². The van der Waals surface area contributed by atoms with E-state index in [2.05, 4.69) is 39.0 Å². The van der Waals surface area contributed by atoms with Crippen LogP contribution < -0.4 is 0 Å². The summed E-state index contributed by atoms with van der Waals surface area (Å²) in [6.45, 7) is 6.55. The van der Waals surface area contributed by atoms with Gasteiger partial charge in [0.2, 0.25) is 0 Å². The minimum Gasteiger partial charge on any atom is -0.508 e. The number of hydrogen-bond acceptors (Lipinski definition) is 2. The molecule has 0 aliphatic heterocycles. The molecule has 0 unspecified atom stereocenters. The van der Waals surface area contributed by atoms with E-state index in [1.165, 1.54) is 5.56 Å². The van der Waals surface area contributed by atoms with Crippen molar-refractivity contribution >= 4 is 21.9 Å². The van der Waals surface area contributed by atoms with Crippen LogP contribution in [0.5, 0.6) is 5.75 Å². The third-order valence-corrected chi connectivity index (χ3v) is 3.32. The van der Waals surface area contributed by atoms with Crippen LogP contribution >= 0.6 is 0 Å². The third kappa shape index (κ3) is 1.65. The van der Waals surface area contributed by atoms with Crippen molar-refractivity contribution in [3.63, 3.8) is 0 Å². The molecule has 0 saturated heterocycles. The Hall–Kier alpha value is -1.96. The SMILES string of the molecule is CC(C)(C)c1ccc2c(c1)oc1cc(O)ccc12. The lowest BCUT2D eigenvalue weighted by atomic mass is 9.87. The number of phenolic OH excluding ortho intramolecular Hbond substituents is 1. The van der Waals surface area contributed by atoms with Gasteiger partial charge in [0, 0.05) is 16.8 Å². The molecule has 0 atom stereocenters. The van der Waals surface area contributed by atoms with E-state index in [4.69, 9.17) is 4.42 Å². The van der Waals surface area contributed by atoms with E-state index in [1.807, 2.05) is 6.07 Å². The summed E-state index contributed by atoms with van der Waals surface area (Å²) in [6.07, 6.45) is 0. The third-order valence-electron chi connectivity index (χ3n) is 3.32. The smallest absolute Gasteiger partial charge is 0.139 e. The Morgan fingerprint density at radius 2 is 1.50 bits per heavy atom. The van der Waals surface area contributed by atoms with E-state index < -0.39 is 0 Å². The molecule has 0 spiro atoms. The van der Waals surface area contributed by atoms with Gasteiger partial charge in [-0.25, -0.2) is 0 Å². The standard InChI is InChI=1S/C16H16O2/c1-16(2,3)10-4-6-12-13-7-5-11(17)9-15(13)18-14(12)8-10/h4-9,17H,1-3H3. The summed E-state index contributed by atoms with van der Waals surface area (Å²) in [5.74, 6) is 0.234. The molecule has 0 amide bonds. The van der Waals surface area contributed by atoms with Crippen LogP contribution in [0.3, 0.4) is 0 Å². The van der Waals surface area contributed by atoms with Gasteiger partial charge in [-0.1, -0.05) is 32.9 Å². The molecule has 1 N–H and O–H groups in total. The van der Waals surface area contributed by atoms with Gasteiger partial charge in [0.1, 0.15) is 16.9 Å². The zero-order chi connectivity index (χ0) is 12.9. The van der Waals surface area contributed by atoms with Crippen LogP contribution in [0.25, 0.3) is 21.9 Å². The predicted molar refractivity (Wildman–Crippen MR) is 74.1 cm³/mol. The van der Waals surface area contributed by atoms with Crippen molar-refractivity contribution in [3.8, 4) is 5.75 Å². The molecular weight excluding hydrogens is 224 g/mol. The van der Waals surface area contributed by atoms with Gasteiger partial charge in [-0.05, 0) is 29.2 Å². The van der Waals surface area contributed by atoms with E-state index in [0.717, 1.165) is 21.9 Å². The van der Waals surface area contributed by atoms with Crippen LogP contribution in [-0.2, 0) is 5.41 Å². The molecule has 0 aliphatic carbocycles. The molecule has 0 fully saturated rings. The van der Waals surface area contributed by atoms with Gasteiger partial charge in [-0.15, -0.1) is 0 Å². The largest absolute Gasteiger partial charge is 0.508 e. The first-order valence-corrected chi connectivity index (χ1v) is 6.11. The van der Waals surface area contributed by atoms with E-state index >= 15 is 0 Å². The Labute approximate surface area is 106 Å². The molecule has 3 aromatic rings. The highest BCUT2D eigenvalue weighted by atomic mass is 16.3. The summed E-state index contributed by atoms with van der Waals surface area (Å²) in [5.41, 5.74) is 2.97. The molecule has 2 aromatic carbocycles. The van der Waals surface area contributed by atoms with Gasteiger partial charge in [-0.3, -0.25) is 0 Å². The molecule has 0 saturated carbocycles. The maximum Gasteiger partial charge on any atom is 0.139 e. The van der Waals surface area contributed by atoms with E-state index in [9.17, 15) is 5.11 Å². The number of fused-ring (bicyclic) bond motifs is 3. The topological polar surface area (TPSA) is 33.4 Å². The molecule has 1 aromatic heterocycles. The summed E-state index contributed by atoms with van der Waals surface area (Å²) >= 11 is 0. The second-order valence-electron chi connectivity index (χ2n) is 5.74. The fraction of sp³-hybridized carbons (Fsp3) is 0.250. The van der Waals surface area contributed by atoms with Crippen molar-refractivity contribution < 1.29 is 9.52 Å².